The number of carbonyl (C=O) groups excluding carboxylic acids is 1. The molecule has 6 heteroatoms. The number of benzene rings is 1. The van der Waals surface area contributed by atoms with Gasteiger partial charge in [0.25, 0.3) is 0 Å². The summed E-state index contributed by atoms with van der Waals surface area (Å²) >= 11 is 0. The van der Waals surface area contributed by atoms with Crippen LogP contribution in [0.3, 0.4) is 0 Å². The normalized spacial score (nSPS) is 12.2. The van der Waals surface area contributed by atoms with E-state index in [1.807, 2.05) is 30.3 Å². The van der Waals surface area contributed by atoms with Gasteiger partial charge in [0.1, 0.15) is 6.04 Å². The Balaban J connectivity index is 1.93. The fraction of sp³-hybridized carbons (Fsp3) is 0.438. The number of urea groups is 1. The van der Waals surface area contributed by atoms with E-state index in [1.165, 1.54) is 0 Å². The maximum Gasteiger partial charge on any atom is 0.315 e. The van der Waals surface area contributed by atoms with Crippen molar-refractivity contribution in [2.75, 3.05) is 0 Å². The molecule has 2 aromatic rings. The van der Waals surface area contributed by atoms with Gasteiger partial charge in [-0.3, -0.25) is 0 Å². The molecule has 2 rings (SSSR count). The highest BCUT2D eigenvalue weighted by molar-refractivity contribution is 5.74. The second-order valence-electron chi connectivity index (χ2n) is 5.65. The number of hydrogen-bond donors (Lipinski definition) is 2. The van der Waals surface area contributed by atoms with Gasteiger partial charge in [-0.05, 0) is 17.9 Å². The van der Waals surface area contributed by atoms with E-state index in [0.717, 1.165) is 12.0 Å². The molecular weight excluding hydrogens is 280 g/mol. The number of hydrogen-bond acceptors (Lipinski definition) is 4. The van der Waals surface area contributed by atoms with Gasteiger partial charge in [-0.1, -0.05) is 44.2 Å². The number of rotatable bonds is 6. The van der Waals surface area contributed by atoms with E-state index in [-0.39, 0.29) is 12.1 Å². The highest BCUT2D eigenvalue weighted by atomic mass is 16.4. The van der Waals surface area contributed by atoms with Crippen LogP contribution in [-0.2, 0) is 6.54 Å². The van der Waals surface area contributed by atoms with Crippen molar-refractivity contribution in [2.45, 2.75) is 39.8 Å². The van der Waals surface area contributed by atoms with E-state index < -0.39 is 0 Å². The van der Waals surface area contributed by atoms with E-state index in [1.54, 1.807) is 6.92 Å². The predicted octanol–water partition coefficient (Wildman–Crippen LogP) is 2.96. The number of nitrogens with zero attached hydrogens (tertiary/aromatic N) is 2. The van der Waals surface area contributed by atoms with E-state index in [4.69, 9.17) is 4.42 Å². The number of aromatic nitrogens is 2. The van der Waals surface area contributed by atoms with Crippen molar-refractivity contribution in [3.63, 3.8) is 0 Å². The quantitative estimate of drug-likeness (QED) is 0.859. The molecule has 22 heavy (non-hydrogen) atoms. The molecule has 2 N–H and O–H groups in total. The number of amides is 2. The second-order valence-corrected chi connectivity index (χ2v) is 5.65. The highest BCUT2D eigenvalue weighted by Crippen LogP contribution is 2.20. The van der Waals surface area contributed by atoms with Crippen molar-refractivity contribution in [3.05, 3.63) is 47.7 Å². The van der Waals surface area contributed by atoms with E-state index >= 15 is 0 Å². The monoisotopic (exact) mass is 302 g/mol. The molecule has 0 radical (unpaired) electrons. The molecule has 1 atom stereocenters. The standard InChI is InChI=1S/C16H22N4O2/c1-11(2)9-14(15-20-19-12(3)22-15)18-16(21)17-10-13-7-5-4-6-8-13/h4-8,11,14H,9-10H2,1-3H3,(H2,17,18,21). The summed E-state index contributed by atoms with van der Waals surface area (Å²) in [6.45, 7) is 6.38. The molecule has 0 aliphatic heterocycles. The van der Waals surface area contributed by atoms with Gasteiger partial charge in [-0.25, -0.2) is 4.79 Å². The first-order valence-corrected chi connectivity index (χ1v) is 7.43. The van der Waals surface area contributed by atoms with Crippen LogP contribution in [0, 0.1) is 12.8 Å². The molecule has 1 unspecified atom stereocenters. The van der Waals surface area contributed by atoms with Gasteiger partial charge in [-0.2, -0.15) is 0 Å². The average molecular weight is 302 g/mol. The average Bonchev–Trinajstić information content (AvgIpc) is 2.92. The molecule has 1 heterocycles. The minimum absolute atomic E-state index is 0.245. The lowest BCUT2D eigenvalue weighted by Gasteiger charge is -2.17. The van der Waals surface area contributed by atoms with Gasteiger partial charge >= 0.3 is 6.03 Å². The minimum Gasteiger partial charge on any atom is -0.423 e. The number of nitrogens with one attached hydrogen (secondary N) is 2. The van der Waals surface area contributed by atoms with Crippen LogP contribution in [0.2, 0.25) is 0 Å². The first-order valence-electron chi connectivity index (χ1n) is 7.43. The Morgan fingerprint density at radius 2 is 1.95 bits per heavy atom. The number of aryl methyl sites for hydroxylation is 1. The summed E-state index contributed by atoms with van der Waals surface area (Å²) in [5, 5.41) is 13.6. The van der Waals surface area contributed by atoms with Crippen LogP contribution in [0.5, 0.6) is 0 Å². The van der Waals surface area contributed by atoms with Gasteiger partial charge in [0.15, 0.2) is 0 Å². The smallest absolute Gasteiger partial charge is 0.315 e. The summed E-state index contributed by atoms with van der Waals surface area (Å²) in [6, 6.07) is 9.23. The molecule has 0 bridgehead atoms. The van der Waals surface area contributed by atoms with Crippen molar-refractivity contribution in [3.8, 4) is 0 Å². The van der Waals surface area contributed by atoms with Crippen LogP contribution in [-0.4, -0.2) is 16.2 Å². The van der Waals surface area contributed by atoms with Gasteiger partial charge < -0.3 is 15.1 Å². The summed E-state index contributed by atoms with van der Waals surface area (Å²) in [7, 11) is 0. The molecule has 0 fully saturated rings. The Morgan fingerprint density at radius 3 is 2.55 bits per heavy atom. The van der Waals surface area contributed by atoms with Crippen molar-refractivity contribution >= 4 is 6.03 Å². The van der Waals surface area contributed by atoms with Crippen LogP contribution < -0.4 is 10.6 Å². The third kappa shape index (κ3) is 4.87. The fourth-order valence-corrected chi connectivity index (χ4v) is 2.13. The van der Waals surface area contributed by atoms with Crippen LogP contribution in [0.4, 0.5) is 4.79 Å². The van der Waals surface area contributed by atoms with Gasteiger partial charge in [-0.15, -0.1) is 10.2 Å². The van der Waals surface area contributed by atoms with Crippen LogP contribution in [0.15, 0.2) is 34.7 Å². The van der Waals surface area contributed by atoms with Crippen LogP contribution >= 0.6 is 0 Å². The summed E-state index contributed by atoms with van der Waals surface area (Å²) in [5.41, 5.74) is 1.05. The Morgan fingerprint density at radius 1 is 1.23 bits per heavy atom. The SMILES string of the molecule is Cc1nnc(C(CC(C)C)NC(=O)NCc2ccccc2)o1. The largest absolute Gasteiger partial charge is 0.423 e. The minimum atomic E-state index is -0.281. The zero-order valence-corrected chi connectivity index (χ0v) is 13.2. The van der Waals surface area contributed by atoms with Crippen molar-refractivity contribution in [1.29, 1.82) is 0 Å². The summed E-state index contributed by atoms with van der Waals surface area (Å²) < 4.78 is 5.45. The molecule has 6 nitrogen and oxygen atoms in total. The van der Waals surface area contributed by atoms with Crippen molar-refractivity contribution in [1.82, 2.24) is 20.8 Å². The third-order valence-electron chi connectivity index (χ3n) is 3.15. The zero-order valence-electron chi connectivity index (χ0n) is 13.2. The van der Waals surface area contributed by atoms with E-state index in [2.05, 4.69) is 34.7 Å². The topological polar surface area (TPSA) is 80.0 Å². The molecule has 2 amide bonds. The fourth-order valence-electron chi connectivity index (χ4n) is 2.13. The first-order chi connectivity index (χ1) is 10.5. The van der Waals surface area contributed by atoms with E-state index in [9.17, 15) is 4.79 Å². The maximum atomic E-state index is 12.1. The zero-order chi connectivity index (χ0) is 15.9. The molecule has 1 aromatic heterocycles. The molecule has 0 aliphatic rings. The highest BCUT2D eigenvalue weighted by Gasteiger charge is 2.21. The van der Waals surface area contributed by atoms with Gasteiger partial charge in [0, 0.05) is 13.5 Å². The van der Waals surface area contributed by atoms with Crippen LogP contribution in [0.1, 0.15) is 43.7 Å². The molecule has 1 aromatic carbocycles. The lowest BCUT2D eigenvalue weighted by atomic mass is 10.0. The maximum absolute atomic E-state index is 12.1. The van der Waals surface area contributed by atoms with Gasteiger partial charge in [0.2, 0.25) is 11.8 Å². The summed E-state index contributed by atoms with van der Waals surface area (Å²) in [5.74, 6) is 1.34. The lowest BCUT2D eigenvalue weighted by molar-refractivity contribution is 0.230. The Hall–Kier alpha value is -2.37. The molecule has 0 spiro atoms. The Labute approximate surface area is 130 Å². The molecule has 0 saturated carbocycles. The van der Waals surface area contributed by atoms with Gasteiger partial charge in [0.05, 0.1) is 0 Å². The predicted molar refractivity (Wildman–Crippen MR) is 83.0 cm³/mol. The third-order valence-corrected chi connectivity index (χ3v) is 3.15. The second kappa shape index (κ2) is 7.59. The summed E-state index contributed by atoms with van der Waals surface area (Å²) in [4.78, 5) is 12.1. The van der Waals surface area contributed by atoms with E-state index in [0.29, 0.717) is 24.2 Å². The Kier molecular flexibility index (Phi) is 5.52. The van der Waals surface area contributed by atoms with Crippen LogP contribution in [0.25, 0.3) is 0 Å². The van der Waals surface area contributed by atoms with Crippen molar-refractivity contribution in [2.24, 2.45) is 5.92 Å². The Bertz CT molecular complexity index is 595. The molecule has 0 aliphatic carbocycles. The lowest BCUT2D eigenvalue weighted by Crippen LogP contribution is -2.38. The molecule has 118 valence electrons. The van der Waals surface area contributed by atoms with Crippen molar-refractivity contribution < 1.29 is 9.21 Å². The summed E-state index contributed by atoms with van der Waals surface area (Å²) in [6.07, 6.45) is 0.736. The first kappa shape index (κ1) is 16.0. The number of carbonyl (C=O) groups is 1. The molecule has 0 saturated heterocycles. The molecular formula is C16H22N4O2.